The van der Waals surface area contributed by atoms with Crippen LogP contribution in [0.3, 0.4) is 0 Å². The van der Waals surface area contributed by atoms with Crippen molar-refractivity contribution in [3.63, 3.8) is 0 Å². The highest BCUT2D eigenvalue weighted by molar-refractivity contribution is 7.20. The maximum Gasteiger partial charge on any atom is 0.348 e. The van der Waals surface area contributed by atoms with Crippen LogP contribution in [-0.2, 0) is 4.74 Å². The summed E-state index contributed by atoms with van der Waals surface area (Å²) in [6, 6.07) is 6.14. The van der Waals surface area contributed by atoms with Crippen LogP contribution >= 0.6 is 11.3 Å². The molecule has 0 saturated carbocycles. The number of aryl methyl sites for hydroxylation is 3. The molecular weight excluding hydrogens is 334 g/mol. The van der Waals surface area contributed by atoms with Gasteiger partial charge in [0.1, 0.15) is 21.9 Å². The van der Waals surface area contributed by atoms with E-state index in [1.807, 2.05) is 26.8 Å². The fraction of sp³-hybridized carbons (Fsp3) is 0.316. The summed E-state index contributed by atoms with van der Waals surface area (Å²) in [5.41, 5.74) is 4.15. The summed E-state index contributed by atoms with van der Waals surface area (Å²) in [5, 5.41) is 4.29. The van der Waals surface area contributed by atoms with Gasteiger partial charge in [0.2, 0.25) is 0 Å². The van der Waals surface area contributed by atoms with Crippen molar-refractivity contribution in [1.29, 1.82) is 0 Å². The molecule has 5 nitrogen and oxygen atoms in total. The van der Waals surface area contributed by atoms with Gasteiger partial charge in [-0.05, 0) is 51.3 Å². The fourth-order valence-electron chi connectivity index (χ4n) is 2.76. The van der Waals surface area contributed by atoms with E-state index in [4.69, 9.17) is 4.74 Å². The number of benzene rings is 1. The largest absolute Gasteiger partial charge is 0.459 e. The fourth-order valence-corrected chi connectivity index (χ4v) is 3.79. The van der Waals surface area contributed by atoms with Crippen LogP contribution in [0.4, 0.5) is 11.5 Å². The number of nitrogens with zero attached hydrogens (tertiary/aromatic N) is 2. The second-order valence-electron chi connectivity index (χ2n) is 6.30. The van der Waals surface area contributed by atoms with E-state index < -0.39 is 0 Å². The smallest absolute Gasteiger partial charge is 0.348 e. The van der Waals surface area contributed by atoms with E-state index in [1.54, 1.807) is 0 Å². The molecule has 130 valence electrons. The van der Waals surface area contributed by atoms with Crippen LogP contribution in [0.25, 0.3) is 10.2 Å². The van der Waals surface area contributed by atoms with E-state index in [9.17, 15) is 4.79 Å². The zero-order chi connectivity index (χ0) is 18.1. The lowest BCUT2D eigenvalue weighted by Crippen LogP contribution is -2.11. The van der Waals surface area contributed by atoms with Crippen molar-refractivity contribution < 1.29 is 9.53 Å². The Kier molecular flexibility index (Phi) is 4.72. The van der Waals surface area contributed by atoms with Crippen molar-refractivity contribution in [1.82, 2.24) is 9.97 Å². The minimum atomic E-state index is -0.312. The second-order valence-corrected chi connectivity index (χ2v) is 7.30. The molecular formula is C19H21N3O2S. The average molecular weight is 355 g/mol. The number of carbonyl (C=O) groups excluding carboxylic acids is 1. The van der Waals surface area contributed by atoms with Gasteiger partial charge in [0, 0.05) is 5.69 Å². The van der Waals surface area contributed by atoms with Crippen LogP contribution < -0.4 is 5.32 Å². The summed E-state index contributed by atoms with van der Waals surface area (Å²) >= 11 is 1.34. The number of rotatable bonds is 4. The van der Waals surface area contributed by atoms with Crippen molar-refractivity contribution in [2.75, 3.05) is 5.32 Å². The average Bonchev–Trinajstić information content (AvgIpc) is 2.88. The molecule has 2 heterocycles. The minimum Gasteiger partial charge on any atom is -0.459 e. The number of para-hydroxylation sites is 1. The summed E-state index contributed by atoms with van der Waals surface area (Å²) in [7, 11) is 0. The van der Waals surface area contributed by atoms with E-state index in [1.165, 1.54) is 17.7 Å². The molecule has 3 rings (SSSR count). The first-order chi connectivity index (χ1) is 11.9. The van der Waals surface area contributed by atoms with E-state index in [0.717, 1.165) is 32.6 Å². The number of hydrogen-bond donors (Lipinski definition) is 1. The maximum atomic E-state index is 12.3. The Bertz CT molecular complexity index is 927. The van der Waals surface area contributed by atoms with Crippen LogP contribution in [-0.4, -0.2) is 22.0 Å². The van der Waals surface area contributed by atoms with Gasteiger partial charge >= 0.3 is 5.97 Å². The van der Waals surface area contributed by atoms with Gasteiger partial charge < -0.3 is 10.1 Å². The van der Waals surface area contributed by atoms with Crippen molar-refractivity contribution in [2.24, 2.45) is 0 Å². The molecule has 0 radical (unpaired) electrons. The molecule has 0 saturated heterocycles. The Morgan fingerprint density at radius 1 is 1.16 bits per heavy atom. The van der Waals surface area contributed by atoms with Crippen molar-refractivity contribution in [3.05, 3.63) is 46.1 Å². The van der Waals surface area contributed by atoms with Crippen LogP contribution in [0, 0.1) is 20.8 Å². The number of esters is 1. The molecule has 2 aromatic heterocycles. The summed E-state index contributed by atoms with van der Waals surface area (Å²) in [6.45, 7) is 9.71. The molecule has 1 N–H and O–H groups in total. The van der Waals surface area contributed by atoms with Crippen molar-refractivity contribution in [3.8, 4) is 0 Å². The molecule has 0 spiro atoms. The molecule has 0 bridgehead atoms. The molecule has 0 aliphatic rings. The van der Waals surface area contributed by atoms with Crippen LogP contribution in [0.2, 0.25) is 0 Å². The number of thiophene rings is 1. The Morgan fingerprint density at radius 2 is 1.84 bits per heavy atom. The predicted molar refractivity (Wildman–Crippen MR) is 102 cm³/mol. The molecule has 0 aliphatic heterocycles. The van der Waals surface area contributed by atoms with Crippen molar-refractivity contribution in [2.45, 2.75) is 40.7 Å². The topological polar surface area (TPSA) is 64.1 Å². The molecule has 3 aromatic rings. The molecule has 6 heteroatoms. The third-order valence-corrected chi connectivity index (χ3v) is 5.16. The number of fused-ring (bicyclic) bond motifs is 1. The first kappa shape index (κ1) is 17.4. The van der Waals surface area contributed by atoms with E-state index in [0.29, 0.717) is 10.7 Å². The molecule has 0 amide bonds. The van der Waals surface area contributed by atoms with Crippen LogP contribution in [0.1, 0.15) is 40.2 Å². The lowest BCUT2D eigenvalue weighted by Gasteiger charge is -2.13. The van der Waals surface area contributed by atoms with Crippen molar-refractivity contribution >= 4 is 39.0 Å². The Balaban J connectivity index is 2.08. The molecule has 0 fully saturated rings. The lowest BCUT2D eigenvalue weighted by atomic mass is 10.1. The number of aromatic nitrogens is 2. The van der Waals surface area contributed by atoms with Crippen LogP contribution in [0.15, 0.2) is 24.5 Å². The highest BCUT2D eigenvalue weighted by atomic mass is 32.1. The van der Waals surface area contributed by atoms with E-state index >= 15 is 0 Å². The molecule has 0 unspecified atom stereocenters. The quantitative estimate of drug-likeness (QED) is 0.673. The molecule has 25 heavy (non-hydrogen) atoms. The molecule has 1 aromatic carbocycles. The number of anilines is 2. The lowest BCUT2D eigenvalue weighted by molar-refractivity contribution is 0.0383. The third kappa shape index (κ3) is 3.35. The zero-order valence-electron chi connectivity index (χ0n) is 15.0. The van der Waals surface area contributed by atoms with Gasteiger partial charge in [-0.25, -0.2) is 14.8 Å². The highest BCUT2D eigenvalue weighted by Gasteiger charge is 2.21. The van der Waals surface area contributed by atoms with Gasteiger partial charge in [0.25, 0.3) is 0 Å². The van der Waals surface area contributed by atoms with Gasteiger partial charge in [-0.15, -0.1) is 11.3 Å². The van der Waals surface area contributed by atoms with Crippen LogP contribution in [0.5, 0.6) is 0 Å². The van der Waals surface area contributed by atoms with Gasteiger partial charge in [-0.2, -0.15) is 0 Å². The highest BCUT2D eigenvalue weighted by Crippen LogP contribution is 2.35. The maximum absolute atomic E-state index is 12.3. The number of nitrogens with one attached hydrogen (secondary N) is 1. The predicted octanol–water partition coefficient (Wildman–Crippen LogP) is 4.93. The first-order valence-corrected chi connectivity index (χ1v) is 8.98. The number of carbonyl (C=O) groups is 1. The van der Waals surface area contributed by atoms with Gasteiger partial charge in [-0.1, -0.05) is 18.2 Å². The summed E-state index contributed by atoms with van der Waals surface area (Å²) in [4.78, 5) is 22.4. The summed E-state index contributed by atoms with van der Waals surface area (Å²) in [6.07, 6.45) is 1.36. The standard InChI is InChI=1S/C19H21N3O2S/c1-10(2)24-19(23)16-13(5)14-17(20-9-21-18(14)25-16)22-15-11(3)7-6-8-12(15)4/h6-10H,1-5H3,(H,20,21,22). The number of hydrogen-bond acceptors (Lipinski definition) is 6. The Hall–Kier alpha value is -2.47. The van der Waals surface area contributed by atoms with Gasteiger partial charge in [0.05, 0.1) is 11.5 Å². The third-order valence-electron chi connectivity index (χ3n) is 3.98. The zero-order valence-corrected chi connectivity index (χ0v) is 15.8. The normalized spacial score (nSPS) is 11.1. The molecule has 0 atom stereocenters. The number of ether oxygens (including phenoxy) is 1. The Morgan fingerprint density at radius 3 is 2.48 bits per heavy atom. The van der Waals surface area contributed by atoms with Gasteiger partial charge in [0.15, 0.2) is 0 Å². The summed E-state index contributed by atoms with van der Waals surface area (Å²) < 4.78 is 5.35. The van der Waals surface area contributed by atoms with Gasteiger partial charge in [-0.3, -0.25) is 0 Å². The van der Waals surface area contributed by atoms with E-state index in [2.05, 4.69) is 41.3 Å². The second kappa shape index (κ2) is 6.80. The van der Waals surface area contributed by atoms with E-state index in [-0.39, 0.29) is 12.1 Å². The molecule has 0 aliphatic carbocycles. The monoisotopic (exact) mass is 355 g/mol. The first-order valence-electron chi connectivity index (χ1n) is 8.16. The minimum absolute atomic E-state index is 0.157. The SMILES string of the molecule is Cc1cccc(C)c1Nc1ncnc2sc(C(=O)OC(C)C)c(C)c12. The Labute approximate surface area is 151 Å². The summed E-state index contributed by atoms with van der Waals surface area (Å²) in [5.74, 6) is 0.397.